The fraction of sp³-hybridized carbons (Fsp3) is 0.294. The Hall–Kier alpha value is -1.53. The number of pyridine rings is 1. The number of carbonyl (C=O) groups is 1. The number of carbonyl (C=O) groups excluding carboxylic acids is 1. The fourth-order valence-corrected chi connectivity index (χ4v) is 3.20. The number of piperazine rings is 1. The maximum absolute atomic E-state index is 12.6. The van der Waals surface area contributed by atoms with E-state index in [4.69, 9.17) is 34.8 Å². The van der Waals surface area contributed by atoms with Gasteiger partial charge in [0.05, 0.1) is 16.4 Å². The van der Waals surface area contributed by atoms with Gasteiger partial charge in [0.25, 0.3) is 5.91 Å². The first-order valence-electron chi connectivity index (χ1n) is 7.80. The van der Waals surface area contributed by atoms with Crippen LogP contribution in [0.4, 0.5) is 11.4 Å². The molecule has 8 heteroatoms. The van der Waals surface area contributed by atoms with Gasteiger partial charge in [-0.2, -0.15) is 0 Å². The molecule has 5 nitrogen and oxygen atoms in total. The quantitative estimate of drug-likeness (QED) is 0.791. The Bertz CT molecular complexity index is 791. The molecule has 132 valence electrons. The summed E-state index contributed by atoms with van der Waals surface area (Å²) in [4.78, 5) is 21.1. The standard InChI is InChI=1S/C17H17Cl3N4O/c1-23-6-8-24(9-7-23)14-4-2-11(18)10-13(14)21-17(25)16-12(19)3-5-15(20)22-16/h2-5,10H,6-9H2,1H3,(H,21,25). The molecule has 1 aliphatic heterocycles. The van der Waals surface area contributed by atoms with E-state index >= 15 is 0 Å². The maximum Gasteiger partial charge on any atom is 0.275 e. The predicted molar refractivity (Wildman–Crippen MR) is 103 cm³/mol. The van der Waals surface area contributed by atoms with Crippen molar-refractivity contribution in [2.75, 3.05) is 43.4 Å². The van der Waals surface area contributed by atoms with Crippen LogP contribution in [0.15, 0.2) is 30.3 Å². The molecular formula is C17H17Cl3N4O. The first-order valence-corrected chi connectivity index (χ1v) is 8.94. The number of amides is 1. The molecule has 0 unspecified atom stereocenters. The summed E-state index contributed by atoms with van der Waals surface area (Å²) < 4.78 is 0. The lowest BCUT2D eigenvalue weighted by Crippen LogP contribution is -2.44. The first-order chi connectivity index (χ1) is 11.9. The topological polar surface area (TPSA) is 48.5 Å². The largest absolute Gasteiger partial charge is 0.367 e. The molecule has 0 atom stereocenters. The van der Waals surface area contributed by atoms with Crippen molar-refractivity contribution < 1.29 is 4.79 Å². The number of hydrogen-bond acceptors (Lipinski definition) is 4. The molecule has 25 heavy (non-hydrogen) atoms. The van der Waals surface area contributed by atoms with Crippen molar-refractivity contribution in [2.45, 2.75) is 0 Å². The molecule has 1 aromatic carbocycles. The summed E-state index contributed by atoms with van der Waals surface area (Å²) in [6.45, 7) is 3.66. The van der Waals surface area contributed by atoms with Crippen LogP contribution in [0.2, 0.25) is 15.2 Å². The van der Waals surface area contributed by atoms with Crippen LogP contribution in [-0.2, 0) is 0 Å². The van der Waals surface area contributed by atoms with Gasteiger partial charge in [-0.1, -0.05) is 34.8 Å². The van der Waals surface area contributed by atoms with Crippen LogP contribution in [0.25, 0.3) is 0 Å². The van der Waals surface area contributed by atoms with Gasteiger partial charge in [-0.25, -0.2) is 4.98 Å². The Morgan fingerprint density at radius 2 is 1.80 bits per heavy atom. The monoisotopic (exact) mass is 398 g/mol. The van der Waals surface area contributed by atoms with Crippen LogP contribution in [0.3, 0.4) is 0 Å². The number of rotatable bonds is 3. The lowest BCUT2D eigenvalue weighted by molar-refractivity contribution is 0.102. The van der Waals surface area contributed by atoms with Gasteiger partial charge in [0, 0.05) is 31.2 Å². The van der Waals surface area contributed by atoms with E-state index in [0.29, 0.717) is 10.7 Å². The lowest BCUT2D eigenvalue weighted by atomic mass is 10.2. The van der Waals surface area contributed by atoms with Crippen LogP contribution in [0.1, 0.15) is 10.5 Å². The van der Waals surface area contributed by atoms with E-state index in [1.54, 1.807) is 12.1 Å². The van der Waals surface area contributed by atoms with Crippen molar-refractivity contribution in [1.82, 2.24) is 9.88 Å². The van der Waals surface area contributed by atoms with Crippen molar-refractivity contribution in [1.29, 1.82) is 0 Å². The van der Waals surface area contributed by atoms with Gasteiger partial charge in [0.15, 0.2) is 0 Å². The van der Waals surface area contributed by atoms with E-state index in [9.17, 15) is 4.79 Å². The van der Waals surface area contributed by atoms with Crippen LogP contribution in [-0.4, -0.2) is 49.0 Å². The van der Waals surface area contributed by atoms with E-state index in [-0.39, 0.29) is 15.9 Å². The molecule has 0 saturated carbocycles. The highest BCUT2D eigenvalue weighted by Gasteiger charge is 2.20. The highest BCUT2D eigenvalue weighted by atomic mass is 35.5. The molecule has 0 aliphatic carbocycles. The minimum absolute atomic E-state index is 0.0819. The molecular weight excluding hydrogens is 383 g/mol. The summed E-state index contributed by atoms with van der Waals surface area (Å²) in [5, 5.41) is 3.85. The lowest BCUT2D eigenvalue weighted by Gasteiger charge is -2.35. The fourth-order valence-electron chi connectivity index (χ4n) is 2.69. The SMILES string of the molecule is CN1CCN(c2ccc(Cl)cc2NC(=O)c2nc(Cl)ccc2Cl)CC1. The van der Waals surface area contributed by atoms with Gasteiger partial charge in [-0.15, -0.1) is 0 Å². The molecule has 1 aliphatic rings. The molecule has 0 radical (unpaired) electrons. The molecule has 1 N–H and O–H groups in total. The van der Waals surface area contributed by atoms with E-state index in [0.717, 1.165) is 31.9 Å². The molecule has 0 spiro atoms. The predicted octanol–water partition coefficient (Wildman–Crippen LogP) is 4.05. The summed E-state index contributed by atoms with van der Waals surface area (Å²) in [7, 11) is 2.09. The first kappa shape index (κ1) is 18.3. The van der Waals surface area contributed by atoms with Crippen molar-refractivity contribution in [3.05, 3.63) is 51.2 Å². The van der Waals surface area contributed by atoms with Crippen LogP contribution in [0.5, 0.6) is 0 Å². The Labute approximate surface area is 161 Å². The third-order valence-corrected chi connectivity index (χ3v) is 4.83. The number of benzene rings is 1. The van der Waals surface area contributed by atoms with Crippen LogP contribution in [0, 0.1) is 0 Å². The summed E-state index contributed by atoms with van der Waals surface area (Å²) in [5.41, 5.74) is 1.63. The van der Waals surface area contributed by atoms with E-state index in [1.165, 1.54) is 6.07 Å². The number of nitrogens with one attached hydrogen (secondary N) is 1. The Morgan fingerprint density at radius 1 is 1.08 bits per heavy atom. The Morgan fingerprint density at radius 3 is 2.52 bits per heavy atom. The Kier molecular flexibility index (Phi) is 5.69. The zero-order valence-electron chi connectivity index (χ0n) is 13.6. The van der Waals surface area contributed by atoms with Gasteiger partial charge in [-0.05, 0) is 37.4 Å². The highest BCUT2D eigenvalue weighted by Crippen LogP contribution is 2.31. The second-order valence-corrected chi connectivity index (χ2v) is 7.10. The van der Waals surface area contributed by atoms with Crippen LogP contribution >= 0.6 is 34.8 Å². The number of halogens is 3. The second kappa shape index (κ2) is 7.79. The normalized spacial score (nSPS) is 15.3. The average Bonchev–Trinajstić information content (AvgIpc) is 2.58. The zero-order chi connectivity index (χ0) is 18.0. The van der Waals surface area contributed by atoms with E-state index < -0.39 is 5.91 Å². The molecule has 1 saturated heterocycles. The molecule has 1 aromatic heterocycles. The molecule has 0 bridgehead atoms. The molecule has 3 rings (SSSR count). The number of hydrogen-bond donors (Lipinski definition) is 1. The summed E-state index contributed by atoms with van der Waals surface area (Å²) in [6, 6.07) is 8.54. The second-order valence-electron chi connectivity index (χ2n) is 5.87. The van der Waals surface area contributed by atoms with Gasteiger partial charge < -0.3 is 15.1 Å². The highest BCUT2D eigenvalue weighted by molar-refractivity contribution is 6.35. The number of aromatic nitrogens is 1. The molecule has 1 fully saturated rings. The van der Waals surface area contributed by atoms with Gasteiger partial charge in [0.2, 0.25) is 0 Å². The van der Waals surface area contributed by atoms with Crippen LogP contribution < -0.4 is 10.2 Å². The molecule has 2 heterocycles. The van der Waals surface area contributed by atoms with E-state index in [2.05, 4.69) is 27.1 Å². The molecule has 1 amide bonds. The van der Waals surface area contributed by atoms with Crippen molar-refractivity contribution in [2.24, 2.45) is 0 Å². The van der Waals surface area contributed by atoms with Crippen molar-refractivity contribution in [3.63, 3.8) is 0 Å². The number of likely N-dealkylation sites (N-methyl/N-ethyl adjacent to an activating group) is 1. The van der Waals surface area contributed by atoms with Crippen molar-refractivity contribution in [3.8, 4) is 0 Å². The van der Waals surface area contributed by atoms with Gasteiger partial charge in [-0.3, -0.25) is 4.79 Å². The average molecular weight is 400 g/mol. The van der Waals surface area contributed by atoms with Gasteiger partial charge >= 0.3 is 0 Å². The summed E-state index contributed by atoms with van der Waals surface area (Å²) >= 11 is 18.1. The molecule has 2 aromatic rings. The van der Waals surface area contributed by atoms with Crippen molar-refractivity contribution >= 4 is 52.1 Å². The number of anilines is 2. The third-order valence-electron chi connectivity index (χ3n) is 4.08. The number of nitrogens with zero attached hydrogens (tertiary/aromatic N) is 3. The smallest absolute Gasteiger partial charge is 0.275 e. The maximum atomic E-state index is 12.6. The van der Waals surface area contributed by atoms with E-state index in [1.807, 2.05) is 12.1 Å². The zero-order valence-corrected chi connectivity index (χ0v) is 15.9. The minimum atomic E-state index is -0.426. The summed E-state index contributed by atoms with van der Waals surface area (Å²) in [6.07, 6.45) is 0. The van der Waals surface area contributed by atoms with Gasteiger partial charge in [0.1, 0.15) is 10.8 Å². The third kappa shape index (κ3) is 4.36. The minimum Gasteiger partial charge on any atom is -0.367 e. The summed E-state index contributed by atoms with van der Waals surface area (Å²) in [5.74, 6) is -0.426. The Balaban J connectivity index is 1.87.